The predicted molar refractivity (Wildman–Crippen MR) is 112 cm³/mol. The standard InChI is InChI=1S/C22H17ClN2O4/c1-27-17-9-14(10-18(12-17)28-2)21(26)24-16-5-3-4-13(8-16)22-25-19-11-15(23)6-7-20(19)29-22/h3-12H,1-2H3,(H,24,26). The molecule has 0 fully saturated rings. The van der Waals surface area contributed by atoms with E-state index in [1.54, 1.807) is 48.5 Å². The molecule has 0 aliphatic rings. The van der Waals surface area contributed by atoms with Crippen LogP contribution in [0.5, 0.6) is 11.5 Å². The second kappa shape index (κ2) is 7.85. The van der Waals surface area contributed by atoms with E-state index in [0.717, 1.165) is 5.56 Å². The third-order valence-corrected chi connectivity index (χ3v) is 4.57. The van der Waals surface area contributed by atoms with Gasteiger partial charge in [-0.15, -0.1) is 0 Å². The van der Waals surface area contributed by atoms with Crippen LogP contribution in [0, 0.1) is 0 Å². The van der Waals surface area contributed by atoms with E-state index in [1.165, 1.54) is 14.2 Å². The van der Waals surface area contributed by atoms with Gasteiger partial charge in [0.25, 0.3) is 5.91 Å². The number of amides is 1. The van der Waals surface area contributed by atoms with Crippen LogP contribution in [0.1, 0.15) is 10.4 Å². The Morgan fingerprint density at radius 1 is 1.00 bits per heavy atom. The summed E-state index contributed by atoms with van der Waals surface area (Å²) in [5, 5.41) is 3.46. The Morgan fingerprint density at radius 3 is 2.48 bits per heavy atom. The van der Waals surface area contributed by atoms with Crippen LogP contribution in [0.25, 0.3) is 22.6 Å². The summed E-state index contributed by atoms with van der Waals surface area (Å²) in [6.07, 6.45) is 0. The number of hydrogen-bond acceptors (Lipinski definition) is 5. The number of oxazole rings is 1. The van der Waals surface area contributed by atoms with Gasteiger partial charge >= 0.3 is 0 Å². The number of methoxy groups -OCH3 is 2. The summed E-state index contributed by atoms with van der Waals surface area (Å²) in [6.45, 7) is 0. The van der Waals surface area contributed by atoms with Gasteiger partial charge in [-0.25, -0.2) is 4.98 Å². The van der Waals surface area contributed by atoms with Crippen LogP contribution in [0.3, 0.4) is 0 Å². The van der Waals surface area contributed by atoms with Crippen molar-refractivity contribution in [2.75, 3.05) is 19.5 Å². The Kier molecular flexibility index (Phi) is 5.10. The lowest BCUT2D eigenvalue weighted by atomic mass is 10.1. The molecule has 6 nitrogen and oxygen atoms in total. The molecule has 1 amide bonds. The number of anilines is 1. The summed E-state index contributed by atoms with van der Waals surface area (Å²) in [7, 11) is 3.07. The minimum absolute atomic E-state index is 0.288. The number of nitrogens with zero attached hydrogens (tertiary/aromatic N) is 1. The number of hydrogen-bond donors (Lipinski definition) is 1. The Morgan fingerprint density at radius 2 is 1.76 bits per heavy atom. The van der Waals surface area contributed by atoms with E-state index in [2.05, 4.69) is 10.3 Å². The lowest BCUT2D eigenvalue weighted by Crippen LogP contribution is -2.12. The van der Waals surface area contributed by atoms with Crippen molar-refractivity contribution < 1.29 is 18.7 Å². The quantitative estimate of drug-likeness (QED) is 0.477. The minimum atomic E-state index is -0.288. The highest BCUT2D eigenvalue weighted by molar-refractivity contribution is 6.31. The average Bonchev–Trinajstić information content (AvgIpc) is 3.16. The molecular weight excluding hydrogens is 392 g/mol. The fourth-order valence-corrected chi connectivity index (χ4v) is 3.06. The molecule has 1 N–H and O–H groups in total. The van der Waals surface area contributed by atoms with Crippen LogP contribution in [-0.2, 0) is 0 Å². The molecule has 1 heterocycles. The summed E-state index contributed by atoms with van der Waals surface area (Å²) < 4.78 is 16.2. The largest absolute Gasteiger partial charge is 0.497 e. The van der Waals surface area contributed by atoms with Gasteiger partial charge in [0, 0.05) is 27.9 Å². The monoisotopic (exact) mass is 408 g/mol. The molecule has 0 saturated heterocycles. The van der Waals surface area contributed by atoms with Gasteiger partial charge in [-0.05, 0) is 48.5 Å². The van der Waals surface area contributed by atoms with Gasteiger partial charge in [0.15, 0.2) is 5.58 Å². The number of carbonyl (C=O) groups is 1. The van der Waals surface area contributed by atoms with Crippen molar-refractivity contribution in [1.29, 1.82) is 0 Å². The van der Waals surface area contributed by atoms with Crippen LogP contribution in [0.4, 0.5) is 5.69 Å². The van der Waals surface area contributed by atoms with E-state index in [4.69, 9.17) is 25.5 Å². The summed E-state index contributed by atoms with van der Waals surface area (Å²) >= 11 is 6.01. The molecule has 0 aliphatic heterocycles. The molecule has 0 aliphatic carbocycles. The minimum Gasteiger partial charge on any atom is -0.497 e. The molecule has 146 valence electrons. The van der Waals surface area contributed by atoms with E-state index in [0.29, 0.717) is 44.8 Å². The predicted octanol–water partition coefficient (Wildman–Crippen LogP) is 5.42. The van der Waals surface area contributed by atoms with Gasteiger partial charge in [0.2, 0.25) is 5.89 Å². The van der Waals surface area contributed by atoms with Crippen LogP contribution in [-0.4, -0.2) is 25.1 Å². The molecule has 4 rings (SSSR count). The Labute approximate surface area is 172 Å². The first-order valence-electron chi connectivity index (χ1n) is 8.76. The number of fused-ring (bicyclic) bond motifs is 1. The Hall–Kier alpha value is -3.51. The SMILES string of the molecule is COc1cc(OC)cc(C(=O)Nc2cccc(-c3nc4cc(Cl)ccc4o3)c2)c1. The van der Waals surface area contributed by atoms with Crippen molar-refractivity contribution >= 4 is 34.3 Å². The maximum atomic E-state index is 12.7. The van der Waals surface area contributed by atoms with E-state index in [-0.39, 0.29) is 5.91 Å². The summed E-state index contributed by atoms with van der Waals surface area (Å²) in [5.41, 5.74) is 3.07. The van der Waals surface area contributed by atoms with Crippen molar-refractivity contribution in [3.63, 3.8) is 0 Å². The van der Waals surface area contributed by atoms with Gasteiger partial charge < -0.3 is 19.2 Å². The van der Waals surface area contributed by atoms with Crippen molar-refractivity contribution in [2.45, 2.75) is 0 Å². The van der Waals surface area contributed by atoms with Crippen molar-refractivity contribution in [3.05, 3.63) is 71.2 Å². The third kappa shape index (κ3) is 4.02. The lowest BCUT2D eigenvalue weighted by molar-refractivity contribution is 0.102. The highest BCUT2D eigenvalue weighted by atomic mass is 35.5. The Balaban J connectivity index is 1.61. The maximum absolute atomic E-state index is 12.7. The zero-order valence-electron chi connectivity index (χ0n) is 15.7. The second-order valence-electron chi connectivity index (χ2n) is 6.27. The fourth-order valence-electron chi connectivity index (χ4n) is 2.90. The number of ether oxygens (including phenoxy) is 2. The number of benzene rings is 3. The number of carbonyl (C=O) groups excluding carboxylic acids is 1. The van der Waals surface area contributed by atoms with Crippen molar-refractivity contribution in [1.82, 2.24) is 4.98 Å². The molecule has 29 heavy (non-hydrogen) atoms. The topological polar surface area (TPSA) is 73.6 Å². The molecule has 4 aromatic rings. The average molecular weight is 409 g/mol. The van der Waals surface area contributed by atoms with Crippen LogP contribution < -0.4 is 14.8 Å². The van der Waals surface area contributed by atoms with E-state index >= 15 is 0 Å². The fraction of sp³-hybridized carbons (Fsp3) is 0.0909. The van der Waals surface area contributed by atoms with E-state index in [1.807, 2.05) is 12.1 Å². The first-order chi connectivity index (χ1) is 14.1. The van der Waals surface area contributed by atoms with Crippen LogP contribution >= 0.6 is 11.6 Å². The van der Waals surface area contributed by atoms with Gasteiger partial charge in [0.05, 0.1) is 14.2 Å². The molecular formula is C22H17ClN2O4. The highest BCUT2D eigenvalue weighted by Gasteiger charge is 2.13. The zero-order valence-corrected chi connectivity index (χ0v) is 16.5. The molecule has 0 saturated carbocycles. The number of nitrogens with one attached hydrogen (secondary N) is 1. The summed E-state index contributed by atoms with van der Waals surface area (Å²) in [6, 6.07) is 17.5. The first kappa shape index (κ1) is 18.8. The zero-order chi connectivity index (χ0) is 20.4. The van der Waals surface area contributed by atoms with Gasteiger partial charge in [-0.1, -0.05) is 17.7 Å². The van der Waals surface area contributed by atoms with Crippen LogP contribution in [0.2, 0.25) is 5.02 Å². The molecule has 0 bridgehead atoms. The smallest absolute Gasteiger partial charge is 0.255 e. The molecule has 3 aromatic carbocycles. The highest BCUT2D eigenvalue weighted by Crippen LogP contribution is 2.28. The van der Waals surface area contributed by atoms with E-state index in [9.17, 15) is 4.79 Å². The molecule has 1 aromatic heterocycles. The maximum Gasteiger partial charge on any atom is 0.255 e. The molecule has 0 spiro atoms. The molecule has 7 heteroatoms. The Bertz CT molecular complexity index is 1180. The van der Waals surface area contributed by atoms with Crippen molar-refractivity contribution in [2.24, 2.45) is 0 Å². The first-order valence-corrected chi connectivity index (χ1v) is 9.14. The lowest BCUT2D eigenvalue weighted by Gasteiger charge is -2.10. The third-order valence-electron chi connectivity index (χ3n) is 4.33. The summed E-state index contributed by atoms with van der Waals surface area (Å²) in [5.74, 6) is 1.23. The second-order valence-corrected chi connectivity index (χ2v) is 6.70. The molecule has 0 radical (unpaired) electrons. The molecule has 0 unspecified atom stereocenters. The number of halogens is 1. The number of aromatic nitrogens is 1. The van der Waals surface area contributed by atoms with Crippen molar-refractivity contribution in [3.8, 4) is 23.0 Å². The van der Waals surface area contributed by atoms with Crippen LogP contribution in [0.15, 0.2) is 65.1 Å². The van der Waals surface area contributed by atoms with Gasteiger partial charge in [-0.3, -0.25) is 4.79 Å². The van der Waals surface area contributed by atoms with Gasteiger partial charge in [0.1, 0.15) is 17.0 Å². The normalized spacial score (nSPS) is 10.7. The summed E-state index contributed by atoms with van der Waals surface area (Å²) in [4.78, 5) is 17.2. The number of rotatable bonds is 5. The van der Waals surface area contributed by atoms with E-state index < -0.39 is 0 Å². The van der Waals surface area contributed by atoms with Gasteiger partial charge in [-0.2, -0.15) is 0 Å². The molecule has 0 atom stereocenters.